The minimum atomic E-state index is -0.937. The smallest absolute Gasteiger partial charge is 0.318 e. The average Bonchev–Trinajstić information content (AvgIpc) is 3.76. The normalized spacial score (nSPS) is 18.2. The van der Waals surface area contributed by atoms with E-state index in [-0.39, 0.29) is 35.7 Å². The molecule has 0 aliphatic carbocycles. The number of nitrogens with one attached hydrogen (secondary N) is 4. The van der Waals surface area contributed by atoms with Gasteiger partial charge in [0, 0.05) is 80.2 Å². The summed E-state index contributed by atoms with van der Waals surface area (Å²) in [6, 6.07) is 15.7. The lowest BCUT2D eigenvalue weighted by molar-refractivity contribution is -0.137. The van der Waals surface area contributed by atoms with Crippen LogP contribution in [0, 0.1) is 12.8 Å². The van der Waals surface area contributed by atoms with Crippen LogP contribution in [0.1, 0.15) is 61.6 Å². The van der Waals surface area contributed by atoms with Crippen molar-refractivity contribution in [3.05, 3.63) is 100 Å². The third-order valence-corrected chi connectivity index (χ3v) is 12.8. The molecule has 8 rings (SSSR count). The first-order valence-corrected chi connectivity index (χ1v) is 21.3. The summed E-state index contributed by atoms with van der Waals surface area (Å²) in [5, 5.41) is 15.5. The van der Waals surface area contributed by atoms with Gasteiger partial charge in [-0.1, -0.05) is 31.2 Å². The van der Waals surface area contributed by atoms with Gasteiger partial charge in [0.1, 0.15) is 12.1 Å². The van der Waals surface area contributed by atoms with Gasteiger partial charge in [-0.25, -0.2) is 4.79 Å². The van der Waals surface area contributed by atoms with Gasteiger partial charge in [0.15, 0.2) is 0 Å². The van der Waals surface area contributed by atoms with Crippen molar-refractivity contribution in [1.29, 1.82) is 0 Å². The summed E-state index contributed by atoms with van der Waals surface area (Å²) in [6.07, 6.45) is 9.30. The zero-order valence-corrected chi connectivity index (χ0v) is 34.2. The number of H-pyrrole nitrogens is 2. The molecular weight excluding hydrogens is 745 g/mol. The standard InChI is InChI=1S/C45H56N10O4/c1-3-52-16-10-31(11-17-52)26-40(44(58)54-22-20-53(21-23-54)36-8-14-46-15-9-36)49-43(57)39(27-32-24-30(2)41-35(25-32)29-47-51-41)50-45(59)55-18-12-33(13-19-55)37-28-34-6-4-5-7-38(34)48-42(37)56/h4-9,14-15,24-25,28-29,31,33,39-40H,3,10-13,16-23,26-27H2,1-2H3,(H,47,51)(H,48,56)(H,49,57)(H,50,59). The molecule has 3 aliphatic rings. The predicted octanol–water partition coefficient (Wildman–Crippen LogP) is 4.56. The number of aromatic amines is 2. The molecule has 3 saturated heterocycles. The van der Waals surface area contributed by atoms with Crippen molar-refractivity contribution in [3.8, 4) is 0 Å². The Kier molecular flexibility index (Phi) is 12.2. The molecule has 6 heterocycles. The number of rotatable bonds is 11. The molecule has 3 aliphatic heterocycles. The van der Waals surface area contributed by atoms with Crippen LogP contribution in [0.4, 0.5) is 10.5 Å². The van der Waals surface area contributed by atoms with Gasteiger partial charge in [-0.2, -0.15) is 5.10 Å². The number of aromatic nitrogens is 4. The number of nitrogens with zero attached hydrogens (tertiary/aromatic N) is 6. The first-order chi connectivity index (χ1) is 28.7. The summed E-state index contributed by atoms with van der Waals surface area (Å²) < 4.78 is 0. The Morgan fingerprint density at radius 1 is 0.831 bits per heavy atom. The van der Waals surface area contributed by atoms with E-state index in [1.165, 1.54) is 0 Å². The maximum atomic E-state index is 14.6. The monoisotopic (exact) mass is 800 g/mol. The number of likely N-dealkylation sites (tertiary alicyclic amines) is 2. The summed E-state index contributed by atoms with van der Waals surface area (Å²) in [6.45, 7) is 10.5. The van der Waals surface area contributed by atoms with Crippen LogP contribution in [0.15, 0.2) is 78.0 Å². The highest BCUT2D eigenvalue weighted by molar-refractivity contribution is 5.92. The predicted molar refractivity (Wildman–Crippen MR) is 229 cm³/mol. The van der Waals surface area contributed by atoms with Crippen molar-refractivity contribution < 1.29 is 14.4 Å². The fourth-order valence-electron chi connectivity index (χ4n) is 9.30. The molecule has 2 unspecified atom stereocenters. The van der Waals surface area contributed by atoms with Crippen LogP contribution < -0.4 is 21.1 Å². The second-order valence-corrected chi connectivity index (χ2v) is 16.5. The molecule has 310 valence electrons. The Morgan fingerprint density at radius 3 is 2.32 bits per heavy atom. The molecule has 4 N–H and O–H groups in total. The summed E-state index contributed by atoms with van der Waals surface area (Å²) >= 11 is 0. The van der Waals surface area contributed by atoms with E-state index in [4.69, 9.17) is 0 Å². The molecular formula is C45H56N10O4. The SMILES string of the molecule is CCN1CCC(CC(NC(=O)C(Cc2cc(C)c3[nH]ncc3c2)NC(=O)N2CCC(c3cc4ccccc4[nH]c3=O)CC2)C(=O)N2CCN(c3ccncc3)CC2)CC1. The lowest BCUT2D eigenvalue weighted by atomic mass is 9.89. The van der Waals surface area contributed by atoms with E-state index in [0.29, 0.717) is 64.4 Å². The van der Waals surface area contributed by atoms with Crippen LogP contribution in [0.25, 0.3) is 21.8 Å². The number of piperazine rings is 1. The maximum absolute atomic E-state index is 14.6. The Morgan fingerprint density at radius 2 is 1.58 bits per heavy atom. The Balaban J connectivity index is 0.990. The van der Waals surface area contributed by atoms with Crippen molar-refractivity contribution in [3.63, 3.8) is 0 Å². The van der Waals surface area contributed by atoms with Crippen LogP contribution in [-0.2, 0) is 16.0 Å². The average molecular weight is 801 g/mol. The van der Waals surface area contributed by atoms with Crippen LogP contribution >= 0.6 is 0 Å². The number of amides is 4. The molecule has 5 aromatic rings. The van der Waals surface area contributed by atoms with Gasteiger partial charge in [-0.3, -0.25) is 24.5 Å². The lowest BCUT2D eigenvalue weighted by Gasteiger charge is -2.39. The number of benzene rings is 2. The number of pyridine rings is 2. The van der Waals surface area contributed by atoms with Gasteiger partial charge < -0.3 is 35.2 Å². The quantitative estimate of drug-likeness (QED) is 0.151. The van der Waals surface area contributed by atoms with Crippen LogP contribution in [-0.4, -0.2) is 124 Å². The van der Waals surface area contributed by atoms with Crippen LogP contribution in [0.3, 0.4) is 0 Å². The number of fused-ring (bicyclic) bond motifs is 2. The molecule has 4 amide bonds. The molecule has 2 aromatic carbocycles. The molecule has 2 atom stereocenters. The highest BCUT2D eigenvalue weighted by Crippen LogP contribution is 2.28. The molecule has 59 heavy (non-hydrogen) atoms. The Bertz CT molecular complexity index is 2300. The van der Waals surface area contributed by atoms with Crippen LogP contribution in [0.5, 0.6) is 0 Å². The van der Waals surface area contributed by atoms with E-state index in [1.54, 1.807) is 23.5 Å². The molecule has 0 spiro atoms. The highest BCUT2D eigenvalue weighted by atomic mass is 16.2. The van der Waals surface area contributed by atoms with Crippen molar-refractivity contribution in [2.24, 2.45) is 5.92 Å². The second kappa shape index (κ2) is 18.0. The van der Waals surface area contributed by atoms with Crippen LogP contribution in [0.2, 0.25) is 0 Å². The summed E-state index contributed by atoms with van der Waals surface area (Å²) in [4.78, 5) is 71.7. The Hall–Kier alpha value is -5.76. The lowest BCUT2D eigenvalue weighted by Crippen LogP contribution is -2.59. The fourth-order valence-corrected chi connectivity index (χ4v) is 9.30. The Labute approximate surface area is 344 Å². The highest BCUT2D eigenvalue weighted by Gasteiger charge is 2.35. The number of piperidine rings is 2. The minimum absolute atomic E-state index is 0.0127. The molecule has 0 radical (unpaired) electrons. The zero-order chi connectivity index (χ0) is 40.9. The van der Waals surface area contributed by atoms with Gasteiger partial charge in [-0.15, -0.1) is 0 Å². The molecule has 0 bridgehead atoms. The third kappa shape index (κ3) is 9.27. The number of carbonyl (C=O) groups is 3. The van der Waals surface area contributed by atoms with E-state index in [2.05, 4.69) is 47.5 Å². The number of hydrogen-bond acceptors (Lipinski definition) is 8. The van der Waals surface area contributed by atoms with Crippen molar-refractivity contribution in [2.75, 3.05) is 63.8 Å². The van der Waals surface area contributed by atoms with E-state index in [1.807, 2.05) is 66.4 Å². The number of aryl methyl sites for hydroxylation is 1. The maximum Gasteiger partial charge on any atom is 0.318 e. The molecule has 14 heteroatoms. The number of anilines is 1. The zero-order valence-electron chi connectivity index (χ0n) is 34.2. The van der Waals surface area contributed by atoms with E-state index < -0.39 is 12.1 Å². The van der Waals surface area contributed by atoms with E-state index in [9.17, 15) is 19.2 Å². The van der Waals surface area contributed by atoms with Gasteiger partial charge in [0.25, 0.3) is 5.56 Å². The number of urea groups is 1. The van der Waals surface area contributed by atoms with E-state index in [0.717, 1.165) is 76.7 Å². The number of hydrogen-bond donors (Lipinski definition) is 4. The van der Waals surface area contributed by atoms with Gasteiger partial charge in [0.05, 0.1) is 11.7 Å². The van der Waals surface area contributed by atoms with Gasteiger partial charge in [-0.05, 0) is 117 Å². The molecule has 3 aromatic heterocycles. The molecule has 3 fully saturated rings. The largest absolute Gasteiger partial charge is 0.368 e. The topological polar surface area (TPSA) is 163 Å². The summed E-state index contributed by atoms with van der Waals surface area (Å²) in [7, 11) is 0. The van der Waals surface area contributed by atoms with E-state index >= 15 is 0 Å². The molecule has 0 saturated carbocycles. The summed E-state index contributed by atoms with van der Waals surface area (Å²) in [5.41, 5.74) is 5.32. The minimum Gasteiger partial charge on any atom is -0.368 e. The van der Waals surface area contributed by atoms with Gasteiger partial charge in [0.2, 0.25) is 11.8 Å². The summed E-state index contributed by atoms with van der Waals surface area (Å²) in [5.74, 6) is -0.142. The molecule has 14 nitrogen and oxygen atoms in total. The number of para-hydroxylation sites is 1. The third-order valence-electron chi connectivity index (χ3n) is 12.8. The van der Waals surface area contributed by atoms with Crippen molar-refractivity contribution >= 4 is 45.3 Å². The second-order valence-electron chi connectivity index (χ2n) is 16.5. The van der Waals surface area contributed by atoms with Gasteiger partial charge >= 0.3 is 6.03 Å². The number of carbonyl (C=O) groups excluding carboxylic acids is 3. The van der Waals surface area contributed by atoms with Crippen molar-refractivity contribution in [2.45, 2.75) is 70.4 Å². The fraction of sp³-hybridized carbons (Fsp3) is 0.467. The first-order valence-electron chi connectivity index (χ1n) is 21.3. The van der Waals surface area contributed by atoms with Crippen molar-refractivity contribution in [1.82, 2.24) is 45.5 Å². The first kappa shape index (κ1) is 40.0.